The number of carbonyl (C=O) groups is 1. The molecule has 1 heterocycles. The Balaban J connectivity index is 2.30. The molecule has 0 aromatic heterocycles. The molecule has 2 rings (SSSR count). The molecular weight excluding hydrogens is 242 g/mol. The van der Waals surface area contributed by atoms with E-state index in [0.717, 1.165) is 36.9 Å². The monoisotopic (exact) mass is 263 g/mol. The van der Waals surface area contributed by atoms with E-state index in [0.29, 0.717) is 11.5 Å². The minimum Gasteiger partial charge on any atom is -0.493 e. The summed E-state index contributed by atoms with van der Waals surface area (Å²) in [6.45, 7) is 2.85. The number of rotatable bonds is 4. The van der Waals surface area contributed by atoms with Gasteiger partial charge in [0.2, 0.25) is 0 Å². The Kier molecular flexibility index (Phi) is 4.43. The van der Waals surface area contributed by atoms with E-state index in [9.17, 15) is 4.79 Å². The molecule has 0 aliphatic carbocycles. The molecule has 1 saturated heterocycles. The summed E-state index contributed by atoms with van der Waals surface area (Å²) >= 11 is 0. The number of hydrogen-bond acceptors (Lipinski definition) is 4. The summed E-state index contributed by atoms with van der Waals surface area (Å²) in [7, 11) is 3.18. The first kappa shape index (κ1) is 13.9. The maximum absolute atomic E-state index is 12.5. The van der Waals surface area contributed by atoms with Crippen LogP contribution >= 0.6 is 0 Å². The molecule has 0 bridgehead atoms. The molecular formula is C15H21NO3. The molecule has 1 aromatic rings. The van der Waals surface area contributed by atoms with Gasteiger partial charge in [-0.05, 0) is 44.0 Å². The fourth-order valence-corrected chi connectivity index (χ4v) is 2.51. The molecule has 1 atom stereocenters. The molecule has 4 nitrogen and oxygen atoms in total. The summed E-state index contributed by atoms with van der Waals surface area (Å²) in [5.41, 5.74) is 1.65. The molecule has 0 saturated carbocycles. The van der Waals surface area contributed by atoms with E-state index >= 15 is 0 Å². The van der Waals surface area contributed by atoms with Crippen LogP contribution in [0.4, 0.5) is 0 Å². The Morgan fingerprint density at radius 1 is 1.21 bits per heavy atom. The molecule has 1 aliphatic rings. The largest absolute Gasteiger partial charge is 0.493 e. The van der Waals surface area contributed by atoms with E-state index in [2.05, 4.69) is 5.32 Å². The molecule has 19 heavy (non-hydrogen) atoms. The number of ether oxygens (including phenoxy) is 2. The standard InChI is InChI=1S/C15H21NO3/c1-10-8-13(18-2)14(19-3)9-11(10)15(17)12-6-4-5-7-16-12/h8-9,12,16H,4-7H2,1-3H3. The van der Waals surface area contributed by atoms with Gasteiger partial charge in [-0.2, -0.15) is 0 Å². The van der Waals surface area contributed by atoms with Gasteiger partial charge in [-0.25, -0.2) is 0 Å². The SMILES string of the molecule is COc1cc(C)c(C(=O)C2CCCCN2)cc1OC. The third-order valence-electron chi connectivity index (χ3n) is 3.62. The highest BCUT2D eigenvalue weighted by Crippen LogP contribution is 2.31. The van der Waals surface area contributed by atoms with Crippen molar-refractivity contribution in [3.8, 4) is 11.5 Å². The predicted octanol–water partition coefficient (Wildman–Crippen LogP) is 2.34. The number of nitrogens with one attached hydrogen (secondary N) is 1. The maximum atomic E-state index is 12.5. The second-order valence-corrected chi connectivity index (χ2v) is 4.89. The zero-order chi connectivity index (χ0) is 13.8. The normalized spacial score (nSPS) is 19.0. The van der Waals surface area contributed by atoms with Crippen molar-refractivity contribution >= 4 is 5.78 Å². The Morgan fingerprint density at radius 2 is 1.89 bits per heavy atom. The zero-order valence-corrected chi connectivity index (χ0v) is 11.8. The highest BCUT2D eigenvalue weighted by Gasteiger charge is 2.24. The van der Waals surface area contributed by atoms with Crippen LogP contribution in [0.2, 0.25) is 0 Å². The molecule has 1 unspecified atom stereocenters. The van der Waals surface area contributed by atoms with Crippen LogP contribution in [0, 0.1) is 6.92 Å². The number of ketones is 1. The van der Waals surface area contributed by atoms with Crippen LogP contribution in [-0.4, -0.2) is 32.6 Å². The first-order valence-corrected chi connectivity index (χ1v) is 6.67. The van der Waals surface area contributed by atoms with Gasteiger partial charge < -0.3 is 14.8 Å². The summed E-state index contributed by atoms with van der Waals surface area (Å²) in [6.07, 6.45) is 3.16. The summed E-state index contributed by atoms with van der Waals surface area (Å²) in [6, 6.07) is 3.58. The quantitative estimate of drug-likeness (QED) is 0.847. The lowest BCUT2D eigenvalue weighted by atomic mass is 9.93. The highest BCUT2D eigenvalue weighted by molar-refractivity contribution is 6.02. The minimum absolute atomic E-state index is 0.0643. The van der Waals surface area contributed by atoms with Crippen LogP contribution in [0.1, 0.15) is 35.2 Å². The van der Waals surface area contributed by atoms with Gasteiger partial charge in [0.05, 0.1) is 20.3 Å². The number of benzene rings is 1. The molecule has 0 spiro atoms. The predicted molar refractivity (Wildman–Crippen MR) is 74.3 cm³/mol. The lowest BCUT2D eigenvalue weighted by molar-refractivity contribution is 0.0926. The molecule has 0 radical (unpaired) electrons. The van der Waals surface area contributed by atoms with Crippen LogP contribution in [-0.2, 0) is 0 Å². The fourth-order valence-electron chi connectivity index (χ4n) is 2.51. The van der Waals surface area contributed by atoms with Gasteiger partial charge in [-0.15, -0.1) is 0 Å². The summed E-state index contributed by atoms with van der Waals surface area (Å²) < 4.78 is 10.5. The Labute approximate surface area is 114 Å². The van der Waals surface area contributed by atoms with Crippen LogP contribution in [0.5, 0.6) is 11.5 Å². The van der Waals surface area contributed by atoms with Gasteiger partial charge in [-0.3, -0.25) is 4.79 Å². The first-order chi connectivity index (χ1) is 9.17. The van der Waals surface area contributed by atoms with Crippen LogP contribution in [0.15, 0.2) is 12.1 Å². The highest BCUT2D eigenvalue weighted by atomic mass is 16.5. The molecule has 1 aliphatic heterocycles. The Bertz CT molecular complexity index is 465. The zero-order valence-electron chi connectivity index (χ0n) is 11.8. The van der Waals surface area contributed by atoms with Crippen LogP contribution in [0.3, 0.4) is 0 Å². The van der Waals surface area contributed by atoms with E-state index in [1.807, 2.05) is 13.0 Å². The first-order valence-electron chi connectivity index (χ1n) is 6.67. The van der Waals surface area contributed by atoms with Gasteiger partial charge in [0.15, 0.2) is 17.3 Å². The van der Waals surface area contributed by atoms with Crippen LogP contribution in [0.25, 0.3) is 0 Å². The van der Waals surface area contributed by atoms with Crippen molar-refractivity contribution in [3.63, 3.8) is 0 Å². The average Bonchev–Trinajstić information content (AvgIpc) is 2.47. The molecule has 0 amide bonds. The van der Waals surface area contributed by atoms with Gasteiger partial charge >= 0.3 is 0 Å². The lowest BCUT2D eigenvalue weighted by Crippen LogP contribution is -2.40. The molecule has 104 valence electrons. The summed E-state index contributed by atoms with van der Waals surface area (Å²) in [5, 5.41) is 3.29. The van der Waals surface area contributed by atoms with Crippen molar-refractivity contribution < 1.29 is 14.3 Å². The van der Waals surface area contributed by atoms with E-state index in [4.69, 9.17) is 9.47 Å². The summed E-state index contributed by atoms with van der Waals surface area (Å²) in [5.74, 6) is 1.42. The smallest absolute Gasteiger partial charge is 0.180 e. The fraction of sp³-hybridized carbons (Fsp3) is 0.533. The van der Waals surface area contributed by atoms with Gasteiger partial charge in [0, 0.05) is 5.56 Å². The van der Waals surface area contributed by atoms with Crippen molar-refractivity contribution in [1.29, 1.82) is 0 Å². The van der Waals surface area contributed by atoms with Gasteiger partial charge in [0.25, 0.3) is 0 Å². The number of methoxy groups -OCH3 is 2. The van der Waals surface area contributed by atoms with Crippen molar-refractivity contribution in [2.45, 2.75) is 32.2 Å². The number of piperidine rings is 1. The Hall–Kier alpha value is -1.55. The van der Waals surface area contributed by atoms with Crippen molar-refractivity contribution in [3.05, 3.63) is 23.3 Å². The molecule has 1 fully saturated rings. The molecule has 4 heteroatoms. The van der Waals surface area contributed by atoms with Gasteiger partial charge in [-0.1, -0.05) is 6.42 Å². The van der Waals surface area contributed by atoms with E-state index in [1.54, 1.807) is 20.3 Å². The van der Waals surface area contributed by atoms with E-state index < -0.39 is 0 Å². The van der Waals surface area contributed by atoms with Crippen molar-refractivity contribution in [1.82, 2.24) is 5.32 Å². The van der Waals surface area contributed by atoms with Gasteiger partial charge in [0.1, 0.15) is 0 Å². The number of hydrogen-bond donors (Lipinski definition) is 1. The number of Topliss-reactive ketones (excluding diaryl/α,β-unsaturated/α-hetero) is 1. The second kappa shape index (κ2) is 6.06. The lowest BCUT2D eigenvalue weighted by Gasteiger charge is -2.23. The average molecular weight is 263 g/mol. The topological polar surface area (TPSA) is 47.6 Å². The number of aryl methyl sites for hydroxylation is 1. The molecule has 1 N–H and O–H groups in total. The third-order valence-corrected chi connectivity index (χ3v) is 3.62. The van der Waals surface area contributed by atoms with E-state index in [1.165, 1.54) is 0 Å². The Morgan fingerprint density at radius 3 is 2.47 bits per heavy atom. The molecule has 1 aromatic carbocycles. The minimum atomic E-state index is -0.0643. The maximum Gasteiger partial charge on any atom is 0.180 e. The third kappa shape index (κ3) is 2.89. The van der Waals surface area contributed by atoms with Crippen molar-refractivity contribution in [2.75, 3.05) is 20.8 Å². The number of carbonyl (C=O) groups excluding carboxylic acids is 1. The van der Waals surface area contributed by atoms with E-state index in [-0.39, 0.29) is 11.8 Å². The van der Waals surface area contributed by atoms with Crippen LogP contribution < -0.4 is 14.8 Å². The summed E-state index contributed by atoms with van der Waals surface area (Å²) in [4.78, 5) is 12.5. The van der Waals surface area contributed by atoms with Crippen molar-refractivity contribution in [2.24, 2.45) is 0 Å². The second-order valence-electron chi connectivity index (χ2n) is 4.89.